The Morgan fingerprint density at radius 3 is 1.65 bits per heavy atom. The molecule has 3 aromatic rings. The number of azide groups is 1. The van der Waals surface area contributed by atoms with Gasteiger partial charge in [0, 0.05) is 61.3 Å². The standard InChI is InChI=1S/C46H67F3N12O14/c1-34(54-42(64)35-3-5-37(6-4-35)61(44(66)46(47,48)49)33-36-32-52-41-40(55-36)43(65)57-45(50)56-41)2-7-38(62)59-10-12-60(13-11-59)39(63)8-14-67-16-18-69-20-22-71-24-26-73-28-30-75-31-29-74-27-25-72-23-21-70-19-17-68-15-9-53-58-51/h3-6,32,34H,2,7-31,33H2,1H3,(H,54,64)(H3,50,52,56,57,65)/t34-/m1/s1. The van der Waals surface area contributed by atoms with Gasteiger partial charge in [-0.05, 0) is 43.1 Å². The molecular formula is C46H67F3N12O14. The van der Waals surface area contributed by atoms with E-state index >= 15 is 0 Å². The number of hydrogen-bond donors (Lipinski definition) is 3. The number of rotatable bonds is 38. The van der Waals surface area contributed by atoms with Crippen molar-refractivity contribution in [3.05, 3.63) is 62.5 Å². The molecule has 0 saturated carbocycles. The molecule has 0 spiro atoms. The van der Waals surface area contributed by atoms with Gasteiger partial charge in [-0.25, -0.2) is 9.97 Å². The molecule has 3 heterocycles. The molecule has 1 aliphatic heterocycles. The lowest BCUT2D eigenvalue weighted by Gasteiger charge is -2.35. The second kappa shape index (κ2) is 35.2. The summed E-state index contributed by atoms with van der Waals surface area (Å²) >= 11 is 0. The maximum absolute atomic E-state index is 13.7. The average molecular weight is 1070 g/mol. The highest BCUT2D eigenvalue weighted by Crippen LogP contribution is 2.26. The second-order valence-electron chi connectivity index (χ2n) is 16.3. The molecule has 0 unspecified atom stereocenters. The number of hydrogen-bond acceptors (Lipinski definition) is 19. The molecule has 1 atom stereocenters. The van der Waals surface area contributed by atoms with E-state index in [1.807, 2.05) is 0 Å². The molecule has 1 fully saturated rings. The Bertz CT molecular complexity index is 2290. The van der Waals surface area contributed by atoms with Gasteiger partial charge in [0.2, 0.25) is 17.8 Å². The number of nitrogens with one attached hydrogen (secondary N) is 2. The van der Waals surface area contributed by atoms with Crippen molar-refractivity contribution >= 4 is 46.4 Å². The lowest BCUT2D eigenvalue weighted by Crippen LogP contribution is -2.50. The van der Waals surface area contributed by atoms with Gasteiger partial charge in [-0.1, -0.05) is 5.11 Å². The number of carbonyl (C=O) groups excluding carboxylic acids is 4. The summed E-state index contributed by atoms with van der Waals surface area (Å²) in [4.78, 5) is 83.9. The number of alkyl halides is 3. The molecule has 29 heteroatoms. The van der Waals surface area contributed by atoms with Crippen LogP contribution in [0.3, 0.4) is 0 Å². The third-order valence-corrected chi connectivity index (χ3v) is 10.7. The first-order valence-electron chi connectivity index (χ1n) is 24.3. The number of piperazine rings is 1. The van der Waals surface area contributed by atoms with E-state index in [9.17, 15) is 37.1 Å². The van der Waals surface area contributed by atoms with Crippen molar-refractivity contribution in [3.63, 3.8) is 0 Å². The highest BCUT2D eigenvalue weighted by molar-refractivity contribution is 5.98. The van der Waals surface area contributed by atoms with Crippen LogP contribution in [0, 0.1) is 0 Å². The summed E-state index contributed by atoms with van der Waals surface area (Å²) in [7, 11) is 0. The largest absolute Gasteiger partial charge is 0.471 e. The Morgan fingerprint density at radius 2 is 1.19 bits per heavy atom. The van der Waals surface area contributed by atoms with Crippen molar-refractivity contribution < 1.29 is 75.0 Å². The number of nitrogens with two attached hydrogens (primary N) is 1. The zero-order valence-electron chi connectivity index (χ0n) is 42.0. The lowest BCUT2D eigenvalue weighted by atomic mass is 10.1. The molecule has 0 bridgehead atoms. The minimum atomic E-state index is -5.26. The van der Waals surface area contributed by atoms with Gasteiger partial charge in [0.15, 0.2) is 11.2 Å². The number of nitrogens with zero attached hydrogens (tertiary/aromatic N) is 9. The first kappa shape index (κ1) is 61.4. The smallest absolute Gasteiger partial charge is 0.379 e. The number of amides is 4. The number of H-pyrrole nitrogens is 1. The van der Waals surface area contributed by atoms with Gasteiger partial charge < -0.3 is 63.5 Å². The Balaban J connectivity index is 0.952. The number of halogens is 3. The van der Waals surface area contributed by atoms with Crippen LogP contribution in [0.25, 0.3) is 21.6 Å². The average Bonchev–Trinajstić information content (AvgIpc) is 3.39. The van der Waals surface area contributed by atoms with Gasteiger partial charge in [0.25, 0.3) is 11.5 Å². The van der Waals surface area contributed by atoms with Crippen molar-refractivity contribution in [2.24, 2.45) is 5.11 Å². The van der Waals surface area contributed by atoms with Gasteiger partial charge >= 0.3 is 12.1 Å². The quantitative estimate of drug-likeness (QED) is 0.0319. The summed E-state index contributed by atoms with van der Waals surface area (Å²) in [5, 5.41) is 6.14. The summed E-state index contributed by atoms with van der Waals surface area (Å²) < 4.78 is 89.9. The number of carbonyl (C=O) groups is 4. The van der Waals surface area contributed by atoms with Crippen molar-refractivity contribution in [3.8, 4) is 0 Å². The topological polar surface area (TPSA) is 319 Å². The molecule has 0 radical (unpaired) electrons. The number of nitrogen functional groups attached to an aromatic ring is 1. The van der Waals surface area contributed by atoms with Crippen LogP contribution in [0.4, 0.5) is 24.8 Å². The molecule has 2 aromatic heterocycles. The Labute approximate surface area is 430 Å². The van der Waals surface area contributed by atoms with Crippen molar-refractivity contribution in [1.29, 1.82) is 0 Å². The van der Waals surface area contributed by atoms with Crippen LogP contribution in [0.15, 0.2) is 40.4 Å². The van der Waals surface area contributed by atoms with E-state index in [0.29, 0.717) is 156 Å². The third-order valence-electron chi connectivity index (χ3n) is 10.7. The summed E-state index contributed by atoms with van der Waals surface area (Å²) in [6.45, 7) is 10.0. The normalized spacial score (nSPS) is 13.2. The molecule has 75 heavy (non-hydrogen) atoms. The van der Waals surface area contributed by atoms with Crippen LogP contribution >= 0.6 is 0 Å². The third kappa shape index (κ3) is 24.4. The molecule has 416 valence electrons. The van der Waals surface area contributed by atoms with Crippen LogP contribution in [0.1, 0.15) is 42.2 Å². The summed E-state index contributed by atoms with van der Waals surface area (Å²) in [5.74, 6) is -3.20. The molecule has 26 nitrogen and oxygen atoms in total. The highest BCUT2D eigenvalue weighted by atomic mass is 19.4. The van der Waals surface area contributed by atoms with Gasteiger partial charge in [0.05, 0.1) is 144 Å². The molecule has 1 aliphatic rings. The molecule has 4 amide bonds. The summed E-state index contributed by atoms with van der Waals surface area (Å²) in [5.41, 5.74) is 12.2. The Kier molecular flexibility index (Phi) is 28.8. The molecular weight excluding hydrogens is 1000 g/mol. The first-order valence-corrected chi connectivity index (χ1v) is 24.3. The predicted molar refractivity (Wildman–Crippen MR) is 261 cm³/mol. The van der Waals surface area contributed by atoms with E-state index in [2.05, 4.69) is 35.3 Å². The monoisotopic (exact) mass is 1070 g/mol. The number of aromatic nitrogens is 4. The van der Waals surface area contributed by atoms with E-state index in [0.717, 1.165) is 6.20 Å². The highest BCUT2D eigenvalue weighted by Gasteiger charge is 2.43. The number of ether oxygens (including phenoxy) is 9. The maximum atomic E-state index is 13.7. The first-order chi connectivity index (χ1) is 36.3. The Hall–Kier alpha value is -6.14. The van der Waals surface area contributed by atoms with Crippen LogP contribution in [-0.4, -0.2) is 217 Å². The maximum Gasteiger partial charge on any atom is 0.471 e. The molecule has 1 saturated heterocycles. The van der Waals surface area contributed by atoms with Crippen LogP contribution in [0.2, 0.25) is 0 Å². The van der Waals surface area contributed by atoms with Gasteiger partial charge in [0.1, 0.15) is 0 Å². The molecule has 4 N–H and O–H groups in total. The number of benzene rings is 1. The molecule has 0 aliphatic carbocycles. The number of anilines is 2. The minimum Gasteiger partial charge on any atom is -0.379 e. The van der Waals surface area contributed by atoms with Crippen LogP contribution in [0.5, 0.6) is 0 Å². The van der Waals surface area contributed by atoms with Crippen LogP contribution < -0.4 is 21.5 Å². The van der Waals surface area contributed by atoms with E-state index in [1.165, 1.54) is 24.3 Å². The zero-order valence-corrected chi connectivity index (χ0v) is 42.0. The lowest BCUT2D eigenvalue weighted by molar-refractivity contribution is -0.170. The van der Waals surface area contributed by atoms with E-state index in [-0.39, 0.29) is 65.3 Å². The number of fused-ring (bicyclic) bond motifs is 1. The van der Waals surface area contributed by atoms with Crippen molar-refractivity contribution in [2.45, 2.75) is 44.9 Å². The molecule has 1 aromatic carbocycles. The fourth-order valence-corrected chi connectivity index (χ4v) is 6.85. The predicted octanol–water partition coefficient (Wildman–Crippen LogP) is 1.81. The molecule has 4 rings (SSSR count). The second-order valence-corrected chi connectivity index (χ2v) is 16.3. The van der Waals surface area contributed by atoms with E-state index < -0.39 is 36.1 Å². The van der Waals surface area contributed by atoms with Crippen molar-refractivity contribution in [2.75, 3.05) is 162 Å². The fraction of sp³-hybridized carbons (Fsp3) is 0.652. The van der Waals surface area contributed by atoms with Crippen LogP contribution in [-0.2, 0) is 63.6 Å². The summed E-state index contributed by atoms with van der Waals surface area (Å²) in [6, 6.07) is 4.40. The van der Waals surface area contributed by atoms with E-state index in [1.54, 1.807) is 16.7 Å². The zero-order chi connectivity index (χ0) is 54.1. The summed E-state index contributed by atoms with van der Waals surface area (Å²) in [6.07, 6.45) is -3.58. The number of aromatic amines is 1. The SMILES string of the molecule is C[C@H](CCC(=O)N1CCN(C(=O)CCOCCOCCOCCOCCOCCOCCOCCOCCOCCN=[N+]=[N-])CC1)NC(=O)c1ccc(N(Cc2cnc3nc(N)[nH]c(=O)c3n2)C(=O)C(F)(F)F)cc1. The Morgan fingerprint density at radius 1 is 0.733 bits per heavy atom. The minimum absolute atomic E-state index is 0.0818. The van der Waals surface area contributed by atoms with Gasteiger partial charge in [-0.3, -0.25) is 33.9 Å². The fourth-order valence-electron chi connectivity index (χ4n) is 6.85. The van der Waals surface area contributed by atoms with Gasteiger partial charge in [-0.2, -0.15) is 18.2 Å². The van der Waals surface area contributed by atoms with Crippen molar-refractivity contribution in [1.82, 2.24) is 35.1 Å². The van der Waals surface area contributed by atoms with E-state index in [4.69, 9.17) is 53.9 Å². The van der Waals surface area contributed by atoms with Gasteiger partial charge in [-0.15, -0.1) is 0 Å².